The predicted molar refractivity (Wildman–Crippen MR) is 50.2 cm³/mol. The van der Waals surface area contributed by atoms with Gasteiger partial charge >= 0.3 is 0 Å². The van der Waals surface area contributed by atoms with E-state index in [4.69, 9.17) is 0 Å². The molecule has 0 aromatic heterocycles. The number of hydrogen-bond acceptors (Lipinski definition) is 3. The highest BCUT2D eigenvalue weighted by Gasteiger charge is 2.30. The molecular formula is C9H20N2O. The molecule has 3 nitrogen and oxygen atoms in total. The molecule has 1 unspecified atom stereocenters. The number of likely N-dealkylation sites (tertiary alicyclic amines) is 1. The van der Waals surface area contributed by atoms with Crippen LogP contribution >= 0.6 is 0 Å². The van der Waals surface area contributed by atoms with E-state index in [1.54, 1.807) is 0 Å². The van der Waals surface area contributed by atoms with Gasteiger partial charge in [0.25, 0.3) is 0 Å². The average Bonchev–Trinajstić information content (AvgIpc) is 2.26. The molecule has 1 aliphatic heterocycles. The monoisotopic (exact) mass is 172 g/mol. The van der Waals surface area contributed by atoms with Gasteiger partial charge in [0.05, 0.1) is 5.60 Å². The molecule has 0 spiro atoms. The molecule has 1 rings (SSSR count). The highest BCUT2D eigenvalue weighted by Crippen LogP contribution is 2.19. The molecule has 0 amide bonds. The van der Waals surface area contributed by atoms with Crippen LogP contribution in [-0.2, 0) is 0 Å². The number of nitrogens with zero attached hydrogens (tertiary/aromatic N) is 2. The van der Waals surface area contributed by atoms with Crippen LogP contribution in [0.4, 0.5) is 0 Å². The van der Waals surface area contributed by atoms with Crippen molar-refractivity contribution < 1.29 is 5.11 Å². The van der Waals surface area contributed by atoms with Crippen molar-refractivity contribution in [1.82, 2.24) is 9.80 Å². The van der Waals surface area contributed by atoms with Crippen molar-refractivity contribution >= 4 is 0 Å². The first-order valence-corrected chi connectivity index (χ1v) is 4.59. The molecule has 1 N–H and O–H groups in total. The van der Waals surface area contributed by atoms with Crippen molar-refractivity contribution in [3.63, 3.8) is 0 Å². The zero-order chi connectivity index (χ0) is 9.19. The molecule has 0 bridgehead atoms. The Morgan fingerprint density at radius 1 is 1.50 bits per heavy atom. The van der Waals surface area contributed by atoms with Gasteiger partial charge in [-0.2, -0.15) is 0 Å². The topological polar surface area (TPSA) is 26.7 Å². The van der Waals surface area contributed by atoms with Crippen LogP contribution in [0.1, 0.15) is 13.3 Å². The molecule has 12 heavy (non-hydrogen) atoms. The Labute approximate surface area is 75.0 Å². The first-order valence-electron chi connectivity index (χ1n) is 4.59. The summed E-state index contributed by atoms with van der Waals surface area (Å²) in [5, 5.41) is 9.67. The van der Waals surface area contributed by atoms with Crippen LogP contribution in [0.5, 0.6) is 0 Å². The van der Waals surface area contributed by atoms with Crippen LogP contribution in [-0.4, -0.2) is 60.8 Å². The summed E-state index contributed by atoms with van der Waals surface area (Å²) in [6.07, 6.45) is 0.917. The zero-order valence-corrected chi connectivity index (χ0v) is 8.38. The van der Waals surface area contributed by atoms with Crippen molar-refractivity contribution in [3.8, 4) is 0 Å². The smallest absolute Gasteiger partial charge is 0.0758 e. The van der Waals surface area contributed by atoms with E-state index in [1.807, 2.05) is 6.92 Å². The van der Waals surface area contributed by atoms with Crippen LogP contribution in [0.15, 0.2) is 0 Å². The lowest BCUT2D eigenvalue weighted by molar-refractivity contribution is 0.0680. The molecule has 0 aromatic carbocycles. The summed E-state index contributed by atoms with van der Waals surface area (Å²) in [4.78, 5) is 4.49. The fourth-order valence-corrected chi connectivity index (χ4v) is 1.57. The summed E-state index contributed by atoms with van der Waals surface area (Å²) in [5.74, 6) is 0. The third-order valence-corrected chi connectivity index (χ3v) is 2.39. The van der Waals surface area contributed by atoms with E-state index < -0.39 is 5.60 Å². The highest BCUT2D eigenvalue weighted by atomic mass is 16.3. The van der Waals surface area contributed by atoms with Gasteiger partial charge in [0.2, 0.25) is 0 Å². The summed E-state index contributed by atoms with van der Waals surface area (Å²) in [6, 6.07) is 0. The SMILES string of the molecule is CN(C)CCN1CCC(C)(O)C1. The minimum atomic E-state index is -0.438. The Morgan fingerprint density at radius 2 is 2.17 bits per heavy atom. The third-order valence-electron chi connectivity index (χ3n) is 2.39. The Balaban J connectivity index is 2.20. The highest BCUT2D eigenvalue weighted by molar-refractivity contribution is 4.85. The van der Waals surface area contributed by atoms with Gasteiger partial charge in [-0.15, -0.1) is 0 Å². The van der Waals surface area contributed by atoms with Crippen LogP contribution in [0.2, 0.25) is 0 Å². The van der Waals surface area contributed by atoms with E-state index in [0.29, 0.717) is 0 Å². The molecule has 1 heterocycles. The predicted octanol–water partition coefficient (Wildman–Crippen LogP) is 0.00470. The molecule has 3 heteroatoms. The van der Waals surface area contributed by atoms with Crippen molar-refractivity contribution in [3.05, 3.63) is 0 Å². The molecule has 1 fully saturated rings. The van der Waals surface area contributed by atoms with Crippen LogP contribution < -0.4 is 0 Å². The Kier molecular flexibility index (Phi) is 3.09. The second-order valence-electron chi connectivity index (χ2n) is 4.33. The van der Waals surface area contributed by atoms with Crippen molar-refractivity contribution in [2.75, 3.05) is 40.3 Å². The minimum Gasteiger partial charge on any atom is -0.389 e. The molecule has 0 aromatic rings. The summed E-state index contributed by atoms with van der Waals surface area (Å²) >= 11 is 0. The normalized spacial score (nSPS) is 31.8. The fourth-order valence-electron chi connectivity index (χ4n) is 1.57. The van der Waals surface area contributed by atoms with E-state index in [1.165, 1.54) is 0 Å². The number of β-amino-alcohol motifs (C(OH)–C–C–N with tert-alkyl or cyclic N) is 1. The Morgan fingerprint density at radius 3 is 2.58 bits per heavy atom. The third kappa shape index (κ3) is 3.09. The second kappa shape index (κ2) is 3.73. The van der Waals surface area contributed by atoms with E-state index in [-0.39, 0.29) is 0 Å². The van der Waals surface area contributed by atoms with E-state index in [2.05, 4.69) is 23.9 Å². The maximum atomic E-state index is 9.67. The van der Waals surface area contributed by atoms with Crippen LogP contribution in [0.3, 0.4) is 0 Å². The Hall–Kier alpha value is -0.120. The molecule has 0 saturated carbocycles. The first kappa shape index (κ1) is 9.96. The molecule has 1 atom stereocenters. The summed E-state index contributed by atoms with van der Waals surface area (Å²) < 4.78 is 0. The number of aliphatic hydroxyl groups is 1. The molecular weight excluding hydrogens is 152 g/mol. The van der Waals surface area contributed by atoms with E-state index >= 15 is 0 Å². The van der Waals surface area contributed by atoms with Gasteiger partial charge in [0.1, 0.15) is 0 Å². The molecule has 0 radical (unpaired) electrons. The van der Waals surface area contributed by atoms with Gasteiger partial charge in [-0.25, -0.2) is 0 Å². The molecule has 1 saturated heterocycles. The molecule has 72 valence electrons. The van der Waals surface area contributed by atoms with Gasteiger partial charge in [-0.1, -0.05) is 0 Å². The van der Waals surface area contributed by atoms with E-state index in [0.717, 1.165) is 32.6 Å². The van der Waals surface area contributed by atoms with Gasteiger partial charge in [-0.3, -0.25) is 4.90 Å². The maximum absolute atomic E-state index is 9.67. The zero-order valence-electron chi connectivity index (χ0n) is 8.38. The lowest BCUT2D eigenvalue weighted by Gasteiger charge is -2.20. The number of hydrogen-bond donors (Lipinski definition) is 1. The van der Waals surface area contributed by atoms with Gasteiger partial charge in [-0.05, 0) is 27.4 Å². The fraction of sp³-hybridized carbons (Fsp3) is 1.00. The standard InChI is InChI=1S/C9H20N2O/c1-9(12)4-5-11(8-9)7-6-10(2)3/h12H,4-8H2,1-3H3. The average molecular weight is 172 g/mol. The van der Waals surface area contributed by atoms with Crippen LogP contribution in [0.25, 0.3) is 0 Å². The quantitative estimate of drug-likeness (QED) is 0.649. The van der Waals surface area contributed by atoms with Crippen molar-refractivity contribution in [2.24, 2.45) is 0 Å². The number of rotatable bonds is 3. The molecule has 0 aliphatic carbocycles. The largest absolute Gasteiger partial charge is 0.389 e. The lowest BCUT2D eigenvalue weighted by Crippen LogP contribution is -2.34. The van der Waals surface area contributed by atoms with Gasteiger partial charge in [0.15, 0.2) is 0 Å². The molecule has 1 aliphatic rings. The second-order valence-corrected chi connectivity index (χ2v) is 4.33. The summed E-state index contributed by atoms with van der Waals surface area (Å²) in [5.41, 5.74) is -0.438. The Bertz CT molecular complexity index is 145. The summed E-state index contributed by atoms with van der Waals surface area (Å²) in [7, 11) is 4.16. The minimum absolute atomic E-state index is 0.438. The van der Waals surface area contributed by atoms with E-state index in [9.17, 15) is 5.11 Å². The van der Waals surface area contributed by atoms with Crippen LogP contribution in [0, 0.1) is 0 Å². The number of likely N-dealkylation sites (N-methyl/N-ethyl adjacent to an activating group) is 1. The maximum Gasteiger partial charge on any atom is 0.0758 e. The van der Waals surface area contributed by atoms with Gasteiger partial charge in [0, 0.05) is 26.2 Å². The first-order chi connectivity index (χ1) is 5.49. The van der Waals surface area contributed by atoms with Crippen molar-refractivity contribution in [2.45, 2.75) is 18.9 Å². The summed E-state index contributed by atoms with van der Waals surface area (Å²) in [6.45, 7) is 5.95. The van der Waals surface area contributed by atoms with Gasteiger partial charge < -0.3 is 10.0 Å². The lowest BCUT2D eigenvalue weighted by atomic mass is 10.1. The van der Waals surface area contributed by atoms with Crippen molar-refractivity contribution in [1.29, 1.82) is 0 Å².